The molecule has 15 nitrogen and oxygen atoms in total. The molecular formula is C18H30N4O11S3. The molecule has 1 aliphatic heterocycles. The fraction of sp³-hybridized carbons (Fsp3) is 0.667. The predicted octanol–water partition coefficient (Wildman–Crippen LogP) is -0.744. The third-order valence-corrected chi connectivity index (χ3v) is 9.06. The molecule has 0 atom stereocenters. The number of nitro benzene ring substituents is 1. The summed E-state index contributed by atoms with van der Waals surface area (Å²) >= 11 is 0. The first-order valence-electron chi connectivity index (χ1n) is 10.9. The van der Waals surface area contributed by atoms with E-state index in [-0.39, 0.29) is 51.3 Å². The van der Waals surface area contributed by atoms with Crippen molar-refractivity contribution in [3.05, 3.63) is 28.3 Å². The highest BCUT2D eigenvalue weighted by molar-refractivity contribution is 7.89. The highest BCUT2D eigenvalue weighted by atomic mass is 32.2. The second-order valence-corrected chi connectivity index (χ2v) is 13.2. The molecule has 0 unspecified atom stereocenters. The molecule has 18 heteroatoms. The Morgan fingerprint density at radius 1 is 0.917 bits per heavy atom. The van der Waals surface area contributed by atoms with Gasteiger partial charge in [-0.2, -0.15) is 21.1 Å². The van der Waals surface area contributed by atoms with Crippen molar-refractivity contribution in [1.82, 2.24) is 9.21 Å². The van der Waals surface area contributed by atoms with Gasteiger partial charge in [0.1, 0.15) is 4.90 Å². The van der Waals surface area contributed by atoms with Crippen molar-refractivity contribution in [2.75, 3.05) is 68.8 Å². The summed E-state index contributed by atoms with van der Waals surface area (Å²) in [5, 5.41) is 20.5. The Labute approximate surface area is 210 Å². The molecule has 0 radical (unpaired) electrons. The number of sulfonamides is 1. The topological polar surface area (TPSA) is 216 Å². The SMILES string of the molecule is O=[N+]([O-])c1ccc(N(CCCS(=O)(=O)O)CCCS(=O)(=O)O)c(S(=O)(=O)N2CCN(CCO)CC2)c1. The van der Waals surface area contributed by atoms with Gasteiger partial charge in [-0.3, -0.25) is 24.1 Å². The molecule has 0 aliphatic carbocycles. The Morgan fingerprint density at radius 2 is 1.44 bits per heavy atom. The highest BCUT2D eigenvalue weighted by Gasteiger charge is 2.33. The fourth-order valence-corrected chi connectivity index (χ4v) is 6.43. The Kier molecular flexibility index (Phi) is 10.6. The monoisotopic (exact) mass is 574 g/mol. The smallest absolute Gasteiger partial charge is 0.270 e. The molecule has 1 saturated heterocycles. The maximum Gasteiger partial charge on any atom is 0.270 e. The lowest BCUT2D eigenvalue weighted by Crippen LogP contribution is -2.49. The minimum atomic E-state index is -4.33. The zero-order chi connectivity index (χ0) is 27.1. The molecule has 1 heterocycles. The second-order valence-electron chi connectivity index (χ2n) is 8.14. The molecule has 0 saturated carbocycles. The molecule has 1 aromatic rings. The van der Waals surface area contributed by atoms with E-state index in [0.29, 0.717) is 19.6 Å². The molecule has 1 fully saturated rings. The van der Waals surface area contributed by atoms with E-state index >= 15 is 0 Å². The average molecular weight is 575 g/mol. The lowest BCUT2D eigenvalue weighted by Gasteiger charge is -2.34. The number of non-ortho nitro benzene ring substituents is 1. The molecule has 0 aromatic heterocycles. The summed E-state index contributed by atoms with van der Waals surface area (Å²) in [6, 6.07) is 3.16. The number of benzene rings is 1. The Hall–Kier alpha value is -1.93. The van der Waals surface area contributed by atoms with Crippen LogP contribution in [0.1, 0.15) is 12.8 Å². The number of nitro groups is 1. The van der Waals surface area contributed by atoms with Crippen molar-refractivity contribution in [2.45, 2.75) is 17.7 Å². The lowest BCUT2D eigenvalue weighted by molar-refractivity contribution is -0.385. The third kappa shape index (κ3) is 9.18. The molecule has 0 bridgehead atoms. The summed E-state index contributed by atoms with van der Waals surface area (Å²) in [5.74, 6) is -1.30. The normalized spacial score (nSPS) is 16.2. The maximum absolute atomic E-state index is 13.6. The predicted molar refractivity (Wildman–Crippen MR) is 130 cm³/mol. The van der Waals surface area contributed by atoms with Crippen LogP contribution >= 0.6 is 0 Å². The summed E-state index contributed by atoms with van der Waals surface area (Å²) in [6.45, 7) is 0.805. The molecule has 1 aliphatic rings. The van der Waals surface area contributed by atoms with Gasteiger partial charge < -0.3 is 10.0 Å². The van der Waals surface area contributed by atoms with E-state index in [1.54, 1.807) is 0 Å². The standard InChI is InChI=1S/C18H30N4O11S3/c23-12-11-19-7-9-21(10-8-19)36(32,33)18-15-16(22(24)25)3-4-17(18)20(5-1-13-34(26,27)28)6-2-14-35(29,30)31/h3-4,15,23H,1-2,5-14H2,(H,26,27,28)(H,29,30,31). The van der Waals surface area contributed by atoms with Crippen LogP contribution in [0.3, 0.4) is 0 Å². The largest absolute Gasteiger partial charge is 0.395 e. The molecule has 0 spiro atoms. The second kappa shape index (κ2) is 12.5. The van der Waals surface area contributed by atoms with Crippen molar-refractivity contribution in [1.29, 1.82) is 0 Å². The van der Waals surface area contributed by atoms with E-state index in [1.165, 1.54) is 11.0 Å². The summed E-state index contributed by atoms with van der Waals surface area (Å²) in [5.41, 5.74) is -0.504. The third-order valence-electron chi connectivity index (χ3n) is 5.52. The first kappa shape index (κ1) is 30.3. The van der Waals surface area contributed by atoms with E-state index in [9.17, 15) is 35.4 Å². The molecule has 206 valence electrons. The van der Waals surface area contributed by atoms with Gasteiger partial charge in [0.25, 0.3) is 25.9 Å². The van der Waals surface area contributed by atoms with Gasteiger partial charge in [-0.25, -0.2) is 8.42 Å². The Morgan fingerprint density at radius 3 is 1.89 bits per heavy atom. The number of β-amino-alcohol motifs (C(OH)–C–C–N with tert-alkyl or cyclic N) is 1. The minimum absolute atomic E-state index is 0.0101. The number of aliphatic hydroxyl groups is 1. The van der Waals surface area contributed by atoms with Gasteiger partial charge in [0.15, 0.2) is 0 Å². The van der Waals surface area contributed by atoms with Gasteiger partial charge in [-0.1, -0.05) is 0 Å². The maximum atomic E-state index is 13.6. The van der Waals surface area contributed by atoms with Crippen LogP contribution in [0, 0.1) is 10.1 Å². The van der Waals surface area contributed by atoms with Crippen LogP contribution in [-0.2, 0) is 30.3 Å². The number of nitrogens with zero attached hydrogens (tertiary/aromatic N) is 4. The first-order valence-corrected chi connectivity index (χ1v) is 15.6. The van der Waals surface area contributed by atoms with E-state index in [4.69, 9.17) is 14.2 Å². The number of anilines is 1. The molecular weight excluding hydrogens is 544 g/mol. The number of hydrogen-bond acceptors (Lipinski definition) is 11. The minimum Gasteiger partial charge on any atom is -0.395 e. The van der Waals surface area contributed by atoms with Gasteiger partial charge >= 0.3 is 0 Å². The van der Waals surface area contributed by atoms with Crippen LogP contribution in [0.5, 0.6) is 0 Å². The Balaban J connectivity index is 2.45. The number of rotatable bonds is 14. The number of aliphatic hydroxyl groups excluding tert-OH is 1. The van der Waals surface area contributed by atoms with Crippen molar-refractivity contribution in [2.24, 2.45) is 0 Å². The van der Waals surface area contributed by atoms with Crippen LogP contribution < -0.4 is 4.90 Å². The summed E-state index contributed by atoms with van der Waals surface area (Å²) in [4.78, 5) is 13.4. The first-order chi connectivity index (χ1) is 16.6. The molecule has 1 aromatic carbocycles. The fourth-order valence-electron chi connectivity index (χ4n) is 3.79. The van der Waals surface area contributed by atoms with Crippen LogP contribution in [0.25, 0.3) is 0 Å². The number of piperazine rings is 1. The molecule has 36 heavy (non-hydrogen) atoms. The van der Waals surface area contributed by atoms with Crippen LogP contribution in [0.4, 0.5) is 11.4 Å². The highest BCUT2D eigenvalue weighted by Crippen LogP contribution is 2.32. The van der Waals surface area contributed by atoms with E-state index in [0.717, 1.165) is 16.4 Å². The van der Waals surface area contributed by atoms with Crippen LogP contribution in [0.2, 0.25) is 0 Å². The summed E-state index contributed by atoms with van der Waals surface area (Å²) in [6.07, 6.45) is -0.304. The van der Waals surface area contributed by atoms with Gasteiger partial charge in [0, 0.05) is 57.9 Å². The molecule has 2 rings (SSSR count). The molecule has 3 N–H and O–H groups in total. The van der Waals surface area contributed by atoms with Gasteiger partial charge in [0.2, 0.25) is 10.0 Å². The quantitative estimate of drug-likeness (QED) is 0.142. The van der Waals surface area contributed by atoms with E-state index < -0.39 is 57.3 Å². The van der Waals surface area contributed by atoms with Crippen molar-refractivity contribution < 1.29 is 44.4 Å². The van der Waals surface area contributed by atoms with Crippen LogP contribution in [-0.4, -0.2) is 118 Å². The van der Waals surface area contributed by atoms with Gasteiger partial charge in [-0.05, 0) is 18.9 Å². The van der Waals surface area contributed by atoms with E-state index in [1.807, 2.05) is 4.90 Å². The van der Waals surface area contributed by atoms with Crippen LogP contribution in [0.15, 0.2) is 23.1 Å². The average Bonchev–Trinajstić information content (AvgIpc) is 2.76. The Bertz CT molecular complexity index is 1190. The van der Waals surface area contributed by atoms with Crippen molar-refractivity contribution in [3.8, 4) is 0 Å². The van der Waals surface area contributed by atoms with Crippen molar-refractivity contribution >= 4 is 41.6 Å². The summed E-state index contributed by atoms with van der Waals surface area (Å²) < 4.78 is 90.9. The van der Waals surface area contributed by atoms with E-state index in [2.05, 4.69) is 0 Å². The zero-order valence-corrected chi connectivity index (χ0v) is 21.8. The van der Waals surface area contributed by atoms with Gasteiger partial charge in [0.05, 0.1) is 28.7 Å². The number of hydrogen-bond donors (Lipinski definition) is 3. The zero-order valence-electron chi connectivity index (χ0n) is 19.3. The van der Waals surface area contributed by atoms with Gasteiger partial charge in [-0.15, -0.1) is 0 Å². The summed E-state index contributed by atoms with van der Waals surface area (Å²) in [7, 11) is -12.9. The van der Waals surface area contributed by atoms with Crippen molar-refractivity contribution in [3.63, 3.8) is 0 Å². The molecule has 0 amide bonds. The lowest BCUT2D eigenvalue weighted by atomic mass is 10.2.